The number of phenols is 1. The summed E-state index contributed by atoms with van der Waals surface area (Å²) >= 11 is 0. The van der Waals surface area contributed by atoms with Crippen molar-refractivity contribution < 1.29 is 32.0 Å². The monoisotopic (exact) mass is 335 g/mol. The molecule has 0 spiro atoms. The number of benzene rings is 2. The zero-order chi connectivity index (χ0) is 15.1. The summed E-state index contributed by atoms with van der Waals surface area (Å²) in [6.45, 7) is 0. The van der Waals surface area contributed by atoms with Crippen molar-refractivity contribution >= 4 is 30.9 Å². The molecule has 0 heterocycles. The predicted octanol–water partition coefficient (Wildman–Crippen LogP) is -0.125. The molecule has 8 nitrogen and oxygen atoms in total. The van der Waals surface area contributed by atoms with E-state index in [1.807, 2.05) is 0 Å². The van der Waals surface area contributed by atoms with E-state index in [0.29, 0.717) is 0 Å². The van der Waals surface area contributed by atoms with Crippen LogP contribution in [-0.2, 0) is 20.1 Å². The van der Waals surface area contributed by atoms with Crippen LogP contribution < -0.4 is 4.72 Å². The molecule has 2 aromatic rings. The molecule has 0 saturated carbocycles. The summed E-state index contributed by atoms with van der Waals surface area (Å²) in [4.78, 5) is -0.696. The van der Waals surface area contributed by atoms with Crippen LogP contribution in [0, 0.1) is 0 Å². The van der Waals surface area contributed by atoms with Crippen molar-refractivity contribution in [2.24, 2.45) is 0 Å². The van der Waals surface area contributed by atoms with E-state index in [1.54, 1.807) is 0 Å². The lowest BCUT2D eigenvalue weighted by atomic mass is 10.1. The molecule has 0 amide bonds. The molecule has 5 N–H and O–H groups in total. The van der Waals surface area contributed by atoms with Gasteiger partial charge in [0, 0.05) is 11.5 Å². The molecule has 21 heavy (non-hydrogen) atoms. The summed E-state index contributed by atoms with van der Waals surface area (Å²) in [6.07, 6.45) is 0. The number of phenolic OH excluding ortho intramolecular Hbond substituents is 1. The minimum atomic E-state index is -4.53. The Morgan fingerprint density at radius 2 is 1.71 bits per heavy atom. The van der Waals surface area contributed by atoms with Gasteiger partial charge >= 0.3 is 0 Å². The van der Waals surface area contributed by atoms with E-state index in [1.165, 1.54) is 25.2 Å². The van der Waals surface area contributed by atoms with E-state index >= 15 is 0 Å². The van der Waals surface area contributed by atoms with Crippen molar-refractivity contribution in [1.82, 2.24) is 4.72 Å². The summed E-state index contributed by atoms with van der Waals surface area (Å²) in [5.74, 6) is -0.551. The predicted molar refractivity (Wildman–Crippen MR) is 75.3 cm³/mol. The number of aromatic hydroxyl groups is 1. The smallest absolute Gasteiger partial charge is 0.295 e. The fourth-order valence-corrected chi connectivity index (χ4v) is 3.35. The Kier molecular flexibility index (Phi) is 4.60. The maximum Gasteiger partial charge on any atom is 0.295 e. The van der Waals surface area contributed by atoms with Gasteiger partial charge < -0.3 is 10.6 Å². The number of sulfonamides is 1. The van der Waals surface area contributed by atoms with Crippen LogP contribution in [0.25, 0.3) is 10.8 Å². The van der Waals surface area contributed by atoms with Crippen molar-refractivity contribution in [2.45, 2.75) is 9.79 Å². The van der Waals surface area contributed by atoms with Crippen LogP contribution >= 0.6 is 0 Å². The van der Waals surface area contributed by atoms with Gasteiger partial charge in [0.25, 0.3) is 10.1 Å². The van der Waals surface area contributed by atoms with Crippen LogP contribution in [0.5, 0.6) is 5.75 Å². The molecule has 0 aromatic heterocycles. The molecule has 0 fully saturated rings. The van der Waals surface area contributed by atoms with Crippen LogP contribution in [0.4, 0.5) is 0 Å². The van der Waals surface area contributed by atoms with Gasteiger partial charge in [-0.2, -0.15) is 8.42 Å². The number of fused-ring (bicyclic) bond motifs is 1. The molecule has 0 aliphatic heterocycles. The second-order valence-electron chi connectivity index (χ2n) is 3.98. The Labute approximate surface area is 121 Å². The lowest BCUT2D eigenvalue weighted by molar-refractivity contribution is 0.473. The summed E-state index contributed by atoms with van der Waals surface area (Å²) in [5, 5.41) is 9.93. The third kappa shape index (κ3) is 3.14. The van der Waals surface area contributed by atoms with Crippen molar-refractivity contribution in [3.05, 3.63) is 30.3 Å². The minimum absolute atomic E-state index is 0. The first-order chi connectivity index (χ1) is 9.16. The second kappa shape index (κ2) is 5.58. The van der Waals surface area contributed by atoms with Gasteiger partial charge in [-0.15, -0.1) is 0 Å². The average Bonchev–Trinajstić information content (AvgIpc) is 2.36. The largest absolute Gasteiger partial charge is 0.507 e. The van der Waals surface area contributed by atoms with Crippen molar-refractivity contribution in [2.75, 3.05) is 7.05 Å². The number of rotatable bonds is 3. The zero-order valence-electron chi connectivity index (χ0n) is 10.7. The molecule has 0 aliphatic rings. The maximum atomic E-state index is 11.7. The lowest BCUT2D eigenvalue weighted by Crippen LogP contribution is -2.18. The molecule has 0 radical (unpaired) electrons. The SMILES string of the molecule is CNS(=O)(=O)c1cc(O)c2c(S(=O)(=O)O)cccc2c1.O. The van der Waals surface area contributed by atoms with Crippen molar-refractivity contribution in [3.63, 3.8) is 0 Å². The van der Waals surface area contributed by atoms with E-state index in [-0.39, 0.29) is 21.1 Å². The second-order valence-corrected chi connectivity index (χ2v) is 7.26. The molecule has 2 rings (SSSR count). The van der Waals surface area contributed by atoms with Gasteiger partial charge in [-0.25, -0.2) is 13.1 Å². The molecule has 0 atom stereocenters. The number of nitrogens with one attached hydrogen (secondary N) is 1. The van der Waals surface area contributed by atoms with E-state index < -0.39 is 30.8 Å². The lowest BCUT2D eigenvalue weighted by Gasteiger charge is -2.09. The quantitative estimate of drug-likeness (QED) is 0.665. The molecule has 116 valence electrons. The normalized spacial score (nSPS) is 12.1. The first-order valence-corrected chi connectivity index (χ1v) is 8.26. The Morgan fingerprint density at radius 1 is 1.10 bits per heavy atom. The molecular formula is C11H13NO7S2. The Bertz CT molecular complexity index is 888. The standard InChI is InChI=1S/C11H11NO6S2.H2O/c1-12-19(14,15)8-5-7-3-2-4-10(20(16,17)18)11(7)9(13)6-8;/h2-6,12-13H,1H3,(H,16,17,18);1H2. The highest BCUT2D eigenvalue weighted by Crippen LogP contribution is 2.33. The van der Waals surface area contributed by atoms with Crippen LogP contribution in [0.1, 0.15) is 0 Å². The van der Waals surface area contributed by atoms with Gasteiger partial charge in [0.1, 0.15) is 10.6 Å². The molecular weight excluding hydrogens is 322 g/mol. The van der Waals surface area contributed by atoms with Gasteiger partial charge in [-0.05, 0) is 24.6 Å². The number of hydrogen-bond acceptors (Lipinski definition) is 5. The molecule has 2 aromatic carbocycles. The van der Waals surface area contributed by atoms with Crippen molar-refractivity contribution in [1.29, 1.82) is 0 Å². The van der Waals surface area contributed by atoms with Crippen LogP contribution in [0.2, 0.25) is 0 Å². The highest BCUT2D eigenvalue weighted by molar-refractivity contribution is 7.89. The van der Waals surface area contributed by atoms with Gasteiger partial charge in [0.15, 0.2) is 0 Å². The third-order valence-electron chi connectivity index (χ3n) is 2.75. The highest BCUT2D eigenvalue weighted by Gasteiger charge is 2.20. The summed E-state index contributed by atoms with van der Waals surface area (Å²) in [6, 6.07) is 6.00. The third-order valence-corrected chi connectivity index (χ3v) is 5.04. The van der Waals surface area contributed by atoms with Crippen LogP contribution in [-0.4, -0.2) is 39.0 Å². The van der Waals surface area contributed by atoms with E-state index in [4.69, 9.17) is 4.55 Å². The van der Waals surface area contributed by atoms with Crippen LogP contribution in [0.15, 0.2) is 40.1 Å². The minimum Gasteiger partial charge on any atom is -0.507 e. The Balaban J connectivity index is 0.00000220. The van der Waals surface area contributed by atoms with Gasteiger partial charge in [0.2, 0.25) is 10.0 Å². The first-order valence-electron chi connectivity index (χ1n) is 5.33. The first kappa shape index (κ1) is 17.3. The number of hydrogen-bond donors (Lipinski definition) is 3. The fourth-order valence-electron chi connectivity index (χ4n) is 1.83. The van der Waals surface area contributed by atoms with E-state index in [2.05, 4.69) is 4.72 Å². The molecule has 0 unspecified atom stereocenters. The van der Waals surface area contributed by atoms with Gasteiger partial charge in [-0.1, -0.05) is 12.1 Å². The summed E-state index contributed by atoms with van der Waals surface area (Å²) < 4.78 is 57.1. The topological polar surface area (TPSA) is 152 Å². The molecule has 0 saturated heterocycles. The zero-order valence-corrected chi connectivity index (χ0v) is 12.4. The average molecular weight is 335 g/mol. The molecule has 10 heteroatoms. The molecule has 0 aliphatic carbocycles. The maximum absolute atomic E-state index is 11.7. The van der Waals surface area contributed by atoms with Gasteiger partial charge in [0.05, 0.1) is 4.90 Å². The van der Waals surface area contributed by atoms with Gasteiger partial charge in [-0.3, -0.25) is 4.55 Å². The Hall–Kier alpha value is -1.72. The summed E-state index contributed by atoms with van der Waals surface area (Å²) in [7, 11) is -7.10. The summed E-state index contributed by atoms with van der Waals surface area (Å²) in [5.41, 5.74) is 0. The fraction of sp³-hybridized carbons (Fsp3) is 0.0909. The molecule has 0 bridgehead atoms. The Morgan fingerprint density at radius 3 is 2.24 bits per heavy atom. The van der Waals surface area contributed by atoms with Crippen LogP contribution in [0.3, 0.4) is 0 Å². The van der Waals surface area contributed by atoms with E-state index in [0.717, 1.165) is 12.1 Å². The highest BCUT2D eigenvalue weighted by atomic mass is 32.2. The van der Waals surface area contributed by atoms with Crippen molar-refractivity contribution in [3.8, 4) is 5.75 Å². The van der Waals surface area contributed by atoms with E-state index in [9.17, 15) is 21.9 Å².